The molecule has 26 nitrogen and oxygen atoms in total. The van der Waals surface area contributed by atoms with Gasteiger partial charge in [0.2, 0.25) is 59.1 Å². The highest BCUT2D eigenvalue weighted by molar-refractivity contribution is 5.99. The van der Waals surface area contributed by atoms with Gasteiger partial charge >= 0.3 is 5.97 Å². The number of allylic oxidation sites excluding steroid dienone is 2. The van der Waals surface area contributed by atoms with Gasteiger partial charge in [-0.1, -0.05) is 88.3 Å². The Hall–Kier alpha value is -6.25. The summed E-state index contributed by atoms with van der Waals surface area (Å²) in [6.45, 7) is 34.3. The maximum atomic E-state index is 14.8. The molecule has 0 aromatic heterocycles. The standard InChI is InChI=1S/C65H119N11O15/c1-27-28-29-39(12)53(78)52(58(83)71-49(43(16)77)64(89)90)76(26)63(88)50(38(10)11)74(24)62(87)46(31-35(4)5)69-56(81)48(33-37(8)9)72(22)60(85)42(15)68-54(79)40(13)67-55(80)47(32-36(6)7)73(23)61(86)45(30-34(2)3)70-57(82)51(44(17)91-65(18,19)20)75(25)59(84)41(14)66-21/h27-28,34-53,66,77-78H,29-33H2,1-26H3,(H,67,80)(H,68,79)(H,69,81)(H,70,82)(H,71,83)(H,89,90)/b28-27+/t39-,40+,41-,42-,43-,44?,45+,46+,47+,48+,49+,50+,51+,52+,53-/m1/s1. The van der Waals surface area contributed by atoms with Crippen LogP contribution in [0.5, 0.6) is 0 Å². The molecule has 0 aliphatic carbocycles. The van der Waals surface area contributed by atoms with E-state index in [2.05, 4.69) is 31.9 Å². The molecule has 91 heavy (non-hydrogen) atoms. The van der Waals surface area contributed by atoms with Gasteiger partial charge in [0, 0.05) is 35.2 Å². The van der Waals surface area contributed by atoms with Crippen LogP contribution < -0.4 is 31.9 Å². The van der Waals surface area contributed by atoms with E-state index >= 15 is 0 Å². The maximum absolute atomic E-state index is 14.8. The predicted octanol–water partition coefficient (Wildman–Crippen LogP) is 2.67. The van der Waals surface area contributed by atoms with E-state index in [0.717, 1.165) is 9.80 Å². The van der Waals surface area contributed by atoms with Crippen molar-refractivity contribution in [2.24, 2.45) is 35.5 Å². The summed E-state index contributed by atoms with van der Waals surface area (Å²) in [6.07, 6.45) is 0.387. The van der Waals surface area contributed by atoms with Gasteiger partial charge in [-0.3, -0.25) is 47.9 Å². The summed E-state index contributed by atoms with van der Waals surface area (Å²) >= 11 is 0. The lowest BCUT2D eigenvalue weighted by molar-refractivity contribution is -0.155. The Balaban J connectivity index is 6.93. The molecular weight excluding hydrogens is 1170 g/mol. The summed E-state index contributed by atoms with van der Waals surface area (Å²) < 4.78 is 6.18. The number of nitrogens with one attached hydrogen (secondary N) is 6. The monoisotopic (exact) mass is 1290 g/mol. The first-order valence-electron chi connectivity index (χ1n) is 32.1. The summed E-state index contributed by atoms with van der Waals surface area (Å²) in [7, 11) is 8.57. The van der Waals surface area contributed by atoms with Crippen molar-refractivity contribution in [1.29, 1.82) is 0 Å². The second-order valence-corrected chi connectivity index (χ2v) is 27.7. The van der Waals surface area contributed by atoms with Gasteiger partial charge in [-0.25, -0.2) is 4.79 Å². The van der Waals surface area contributed by atoms with Gasteiger partial charge in [0.05, 0.1) is 30.0 Å². The Morgan fingerprint density at radius 2 is 0.846 bits per heavy atom. The van der Waals surface area contributed by atoms with Crippen molar-refractivity contribution in [3.8, 4) is 0 Å². The van der Waals surface area contributed by atoms with E-state index in [1.807, 2.05) is 76.2 Å². The third-order valence-corrected chi connectivity index (χ3v) is 15.9. The lowest BCUT2D eigenvalue weighted by Gasteiger charge is -2.40. The summed E-state index contributed by atoms with van der Waals surface area (Å²) in [5.74, 6) is -10.4. The number of carboxylic acid groups (broad SMARTS) is 1. The number of rotatable bonds is 38. The Bertz CT molecular complexity index is 2450. The zero-order valence-electron chi connectivity index (χ0n) is 59.7. The van der Waals surface area contributed by atoms with Crippen LogP contribution in [0.2, 0.25) is 0 Å². The van der Waals surface area contributed by atoms with E-state index in [-0.39, 0.29) is 61.7 Å². The quantitative estimate of drug-likeness (QED) is 0.0401. The van der Waals surface area contributed by atoms with Crippen molar-refractivity contribution < 1.29 is 72.8 Å². The third-order valence-electron chi connectivity index (χ3n) is 15.9. The van der Waals surface area contributed by atoms with Gasteiger partial charge in [-0.15, -0.1) is 0 Å². The molecule has 0 aliphatic heterocycles. The average Bonchev–Trinajstić information content (AvgIpc) is 1.01. The molecule has 0 rings (SSSR count). The van der Waals surface area contributed by atoms with Crippen LogP contribution in [-0.4, -0.2) is 238 Å². The minimum Gasteiger partial charge on any atom is -0.480 e. The molecular formula is C65H119N11O15. The predicted molar refractivity (Wildman–Crippen MR) is 349 cm³/mol. The van der Waals surface area contributed by atoms with Crippen LogP contribution >= 0.6 is 0 Å². The average molecular weight is 1290 g/mol. The van der Waals surface area contributed by atoms with Crippen LogP contribution in [0.4, 0.5) is 0 Å². The molecule has 0 aromatic carbocycles. The molecule has 15 atom stereocenters. The highest BCUT2D eigenvalue weighted by Gasteiger charge is 2.45. The number of aliphatic hydroxyl groups excluding tert-OH is 2. The Labute approximate surface area is 543 Å². The lowest BCUT2D eigenvalue weighted by atomic mass is 9.91. The number of carbonyl (C=O) groups is 11. The van der Waals surface area contributed by atoms with Gasteiger partial charge in [-0.05, 0) is 137 Å². The number of carbonyl (C=O) groups excluding carboxylic acids is 10. The summed E-state index contributed by atoms with van der Waals surface area (Å²) in [5, 5.41) is 47.8. The van der Waals surface area contributed by atoms with Crippen molar-refractivity contribution in [2.45, 2.75) is 261 Å². The number of aliphatic carboxylic acids is 1. The molecule has 26 heteroatoms. The highest BCUT2D eigenvalue weighted by Crippen LogP contribution is 2.24. The topological polar surface area (TPSA) is 346 Å². The Kier molecular flexibility index (Phi) is 36.0. The Morgan fingerprint density at radius 1 is 0.462 bits per heavy atom. The van der Waals surface area contributed by atoms with Crippen molar-refractivity contribution >= 4 is 65.0 Å². The molecule has 1 unspecified atom stereocenters. The van der Waals surface area contributed by atoms with Gasteiger partial charge in [-0.2, -0.15) is 0 Å². The third kappa shape index (κ3) is 26.7. The molecule has 0 bridgehead atoms. The van der Waals surface area contributed by atoms with Crippen LogP contribution in [0.15, 0.2) is 12.2 Å². The van der Waals surface area contributed by atoms with E-state index in [4.69, 9.17) is 4.74 Å². The van der Waals surface area contributed by atoms with Gasteiger partial charge in [0.15, 0.2) is 6.04 Å². The zero-order chi connectivity index (χ0) is 71.2. The van der Waals surface area contributed by atoms with Crippen molar-refractivity contribution in [3.05, 3.63) is 12.2 Å². The number of likely N-dealkylation sites (N-methyl/N-ethyl adjacent to an activating group) is 6. The molecule has 10 amide bonds. The van der Waals surface area contributed by atoms with E-state index in [9.17, 15) is 68.1 Å². The molecule has 9 N–H and O–H groups in total. The largest absolute Gasteiger partial charge is 0.480 e. The van der Waals surface area contributed by atoms with E-state index < -0.39 is 161 Å². The van der Waals surface area contributed by atoms with Crippen molar-refractivity contribution in [3.63, 3.8) is 0 Å². The smallest absolute Gasteiger partial charge is 0.328 e. The normalized spacial score (nSPS) is 17.0. The van der Waals surface area contributed by atoms with E-state index in [0.29, 0.717) is 0 Å². The molecule has 0 aromatic rings. The van der Waals surface area contributed by atoms with E-state index in [1.165, 1.54) is 70.7 Å². The van der Waals surface area contributed by atoms with Crippen LogP contribution in [0.1, 0.15) is 171 Å². The molecule has 0 saturated heterocycles. The molecule has 0 aliphatic rings. The number of aliphatic hydroxyl groups is 2. The molecule has 0 radical (unpaired) electrons. The summed E-state index contributed by atoms with van der Waals surface area (Å²) in [6, 6.07) is -13.8. The summed E-state index contributed by atoms with van der Waals surface area (Å²) in [5.41, 5.74) is -0.696. The number of amides is 10. The number of hydrogen-bond acceptors (Lipinski definition) is 15. The van der Waals surface area contributed by atoms with Crippen LogP contribution in [0.25, 0.3) is 0 Å². The fourth-order valence-electron chi connectivity index (χ4n) is 10.8. The van der Waals surface area contributed by atoms with Gasteiger partial charge in [0.1, 0.15) is 54.4 Å². The van der Waals surface area contributed by atoms with Gasteiger partial charge in [0.25, 0.3) is 0 Å². The number of carboxylic acids is 1. The first-order chi connectivity index (χ1) is 41.7. The second kappa shape index (κ2) is 38.7. The molecule has 0 heterocycles. The van der Waals surface area contributed by atoms with Crippen LogP contribution in [0.3, 0.4) is 0 Å². The molecule has 0 spiro atoms. The summed E-state index contributed by atoms with van der Waals surface area (Å²) in [4.78, 5) is 161. The molecule has 0 fully saturated rings. The van der Waals surface area contributed by atoms with Crippen LogP contribution in [-0.2, 0) is 57.5 Å². The maximum Gasteiger partial charge on any atom is 0.328 e. The fourth-order valence-corrected chi connectivity index (χ4v) is 10.8. The molecule has 524 valence electrons. The first kappa shape index (κ1) is 84.8. The Morgan fingerprint density at radius 3 is 1.25 bits per heavy atom. The first-order valence-corrected chi connectivity index (χ1v) is 32.1. The zero-order valence-corrected chi connectivity index (χ0v) is 59.7. The molecule has 0 saturated carbocycles. The lowest BCUT2D eigenvalue weighted by Crippen LogP contribution is -2.63. The highest BCUT2D eigenvalue weighted by atomic mass is 16.5. The number of ether oxygens (including phenoxy) is 1. The second-order valence-electron chi connectivity index (χ2n) is 27.7. The minimum absolute atomic E-state index is 0.0798. The van der Waals surface area contributed by atoms with E-state index in [1.54, 1.807) is 60.7 Å². The van der Waals surface area contributed by atoms with Gasteiger partial charge < -0.3 is 76.5 Å². The fraction of sp³-hybridized carbons (Fsp3) is 0.800. The minimum atomic E-state index is -1.78. The van der Waals surface area contributed by atoms with Crippen LogP contribution in [0, 0.1) is 35.5 Å². The number of hydrogen-bond donors (Lipinski definition) is 9. The number of nitrogens with zero attached hydrogens (tertiary/aromatic N) is 5. The van der Waals surface area contributed by atoms with Crippen molar-refractivity contribution in [2.75, 3.05) is 42.3 Å². The van der Waals surface area contributed by atoms with Crippen molar-refractivity contribution in [1.82, 2.24) is 56.4 Å². The SMILES string of the molecule is C/C=C/C[C@@H](C)[C@@H](O)[C@@H](C(=O)N[C@H](C(=O)O)[C@@H](C)O)N(C)C(=O)[C@H](C(C)C)N(C)C(=O)[C@H](CC(C)C)NC(=O)[C@H](CC(C)C)N(C)C(=O)[C@@H](C)NC(=O)[C@H](C)NC(=O)[C@H](CC(C)C)N(C)C(=O)[C@H](CC(C)C)NC(=O)[C@H](C(C)OC(C)(C)C)N(C)C(=O)[C@@H](C)NC.